The van der Waals surface area contributed by atoms with Crippen LogP contribution in [0.5, 0.6) is 0 Å². The van der Waals surface area contributed by atoms with Crippen molar-refractivity contribution >= 4 is 35.8 Å². The number of carbonyl (C=O) groups excluding carboxylic acids is 1. The molecule has 166 valence electrons. The van der Waals surface area contributed by atoms with Crippen molar-refractivity contribution in [3.05, 3.63) is 53.3 Å². The second-order valence-corrected chi connectivity index (χ2v) is 7.48. The number of halogens is 1. The van der Waals surface area contributed by atoms with Crippen molar-refractivity contribution in [1.82, 2.24) is 25.3 Å². The van der Waals surface area contributed by atoms with Crippen molar-refractivity contribution in [2.45, 2.75) is 39.7 Å². The number of carbonyl (C=O) groups is 1. The Morgan fingerprint density at radius 2 is 1.93 bits per heavy atom. The Morgan fingerprint density at radius 3 is 2.57 bits per heavy atom. The molecule has 0 fully saturated rings. The number of aryl methyl sites for hydroxylation is 1. The molecular weight excluding hydrogens is 491 g/mol. The average Bonchev–Trinajstić information content (AvgIpc) is 3.06. The first kappa shape index (κ1) is 25.9. The van der Waals surface area contributed by atoms with Crippen LogP contribution in [0.3, 0.4) is 0 Å². The van der Waals surface area contributed by atoms with Gasteiger partial charge in [-0.15, -0.1) is 24.0 Å². The van der Waals surface area contributed by atoms with Crippen LogP contribution in [0.25, 0.3) is 0 Å². The van der Waals surface area contributed by atoms with E-state index in [9.17, 15) is 4.79 Å². The molecule has 0 saturated carbocycles. The summed E-state index contributed by atoms with van der Waals surface area (Å²) in [5.74, 6) is 0.993. The van der Waals surface area contributed by atoms with E-state index in [2.05, 4.69) is 46.7 Å². The molecule has 7 nitrogen and oxygen atoms in total. The highest BCUT2D eigenvalue weighted by molar-refractivity contribution is 14.0. The molecule has 0 spiro atoms. The van der Waals surface area contributed by atoms with Crippen LogP contribution in [-0.4, -0.2) is 53.2 Å². The Hall–Kier alpha value is -2.10. The lowest BCUT2D eigenvalue weighted by Gasteiger charge is -2.22. The molecule has 0 radical (unpaired) electrons. The first-order chi connectivity index (χ1) is 13.9. The molecule has 0 unspecified atom stereocenters. The van der Waals surface area contributed by atoms with E-state index in [1.165, 1.54) is 11.1 Å². The number of rotatable bonds is 9. The fourth-order valence-corrected chi connectivity index (χ4v) is 3.16. The SMILES string of the molecule is CCNC(=NCC(=O)NCCc1ccccc1)N(C)Cc1cn(C)nc1C(C)C.I. The highest BCUT2D eigenvalue weighted by Gasteiger charge is 2.15. The fraction of sp³-hybridized carbons (Fsp3) is 0.500. The maximum absolute atomic E-state index is 12.2. The smallest absolute Gasteiger partial charge is 0.241 e. The first-order valence-corrected chi connectivity index (χ1v) is 10.2. The summed E-state index contributed by atoms with van der Waals surface area (Å²) < 4.78 is 1.85. The zero-order valence-electron chi connectivity index (χ0n) is 18.7. The van der Waals surface area contributed by atoms with Gasteiger partial charge >= 0.3 is 0 Å². The summed E-state index contributed by atoms with van der Waals surface area (Å²) >= 11 is 0. The molecule has 0 bridgehead atoms. The van der Waals surface area contributed by atoms with Gasteiger partial charge in [0.25, 0.3) is 0 Å². The Morgan fingerprint density at radius 1 is 1.23 bits per heavy atom. The Kier molecular flexibility index (Phi) is 11.5. The number of nitrogens with one attached hydrogen (secondary N) is 2. The van der Waals surface area contributed by atoms with Crippen molar-refractivity contribution in [2.75, 3.05) is 26.7 Å². The van der Waals surface area contributed by atoms with Gasteiger partial charge in [-0.05, 0) is 24.8 Å². The zero-order valence-corrected chi connectivity index (χ0v) is 21.0. The molecule has 1 aromatic heterocycles. The standard InChI is InChI=1S/C22H34N6O.HI/c1-6-23-22(27(4)15-19-16-28(5)26-21(19)17(2)3)25-14-20(29)24-13-12-18-10-8-7-9-11-18;/h7-11,16-17H,6,12-15H2,1-5H3,(H,23,25)(H,24,29);1H. The molecule has 1 amide bonds. The number of benzene rings is 1. The van der Waals surface area contributed by atoms with Crippen molar-refractivity contribution in [3.63, 3.8) is 0 Å². The molecule has 0 aliphatic carbocycles. The lowest BCUT2D eigenvalue weighted by molar-refractivity contribution is -0.119. The average molecular weight is 526 g/mol. The summed E-state index contributed by atoms with van der Waals surface area (Å²) in [5.41, 5.74) is 3.47. The summed E-state index contributed by atoms with van der Waals surface area (Å²) in [6.07, 6.45) is 2.86. The third-order valence-electron chi connectivity index (χ3n) is 4.54. The lowest BCUT2D eigenvalue weighted by atomic mass is 10.1. The summed E-state index contributed by atoms with van der Waals surface area (Å²) in [5, 5.41) is 10.8. The molecule has 8 heteroatoms. The number of amides is 1. The van der Waals surface area contributed by atoms with Gasteiger partial charge in [-0.3, -0.25) is 9.48 Å². The maximum atomic E-state index is 12.2. The van der Waals surface area contributed by atoms with Gasteiger partial charge < -0.3 is 15.5 Å². The second kappa shape index (κ2) is 13.3. The number of hydrogen-bond acceptors (Lipinski definition) is 3. The first-order valence-electron chi connectivity index (χ1n) is 10.2. The predicted octanol–water partition coefficient (Wildman–Crippen LogP) is 2.92. The van der Waals surface area contributed by atoms with Crippen LogP contribution >= 0.6 is 24.0 Å². The monoisotopic (exact) mass is 526 g/mol. The van der Waals surface area contributed by atoms with Crippen LogP contribution in [0.15, 0.2) is 41.5 Å². The molecule has 0 aliphatic heterocycles. The predicted molar refractivity (Wildman–Crippen MR) is 133 cm³/mol. The van der Waals surface area contributed by atoms with E-state index in [1.54, 1.807) is 0 Å². The van der Waals surface area contributed by atoms with Crippen molar-refractivity contribution in [3.8, 4) is 0 Å². The summed E-state index contributed by atoms with van der Waals surface area (Å²) in [4.78, 5) is 18.7. The van der Waals surface area contributed by atoms with Gasteiger partial charge in [0.2, 0.25) is 5.91 Å². The summed E-state index contributed by atoms with van der Waals surface area (Å²) in [6, 6.07) is 10.1. The highest BCUT2D eigenvalue weighted by atomic mass is 127. The van der Waals surface area contributed by atoms with Crippen molar-refractivity contribution in [1.29, 1.82) is 0 Å². The van der Waals surface area contributed by atoms with Crippen LogP contribution in [0.2, 0.25) is 0 Å². The number of aliphatic imine (C=N–C) groups is 1. The van der Waals surface area contributed by atoms with Crippen LogP contribution in [0.4, 0.5) is 0 Å². The Balaban J connectivity index is 0.00000450. The quantitative estimate of drug-likeness (QED) is 0.300. The summed E-state index contributed by atoms with van der Waals surface area (Å²) in [7, 11) is 3.92. The molecule has 1 aromatic carbocycles. The zero-order chi connectivity index (χ0) is 21.2. The van der Waals surface area contributed by atoms with Crippen LogP contribution in [0, 0.1) is 0 Å². The van der Waals surface area contributed by atoms with Gasteiger partial charge in [-0.25, -0.2) is 4.99 Å². The van der Waals surface area contributed by atoms with E-state index < -0.39 is 0 Å². The molecule has 0 atom stereocenters. The number of guanidine groups is 1. The van der Waals surface area contributed by atoms with Crippen molar-refractivity contribution in [2.24, 2.45) is 12.0 Å². The molecular formula is C22H35IN6O. The molecule has 0 saturated heterocycles. The molecule has 30 heavy (non-hydrogen) atoms. The number of hydrogen-bond donors (Lipinski definition) is 2. The van der Waals surface area contributed by atoms with Gasteiger partial charge in [0.15, 0.2) is 5.96 Å². The fourth-order valence-electron chi connectivity index (χ4n) is 3.16. The Labute approximate surface area is 197 Å². The van der Waals surface area contributed by atoms with E-state index in [-0.39, 0.29) is 36.4 Å². The van der Waals surface area contributed by atoms with Crippen LogP contribution in [0.1, 0.15) is 43.5 Å². The topological polar surface area (TPSA) is 74.6 Å². The van der Waals surface area contributed by atoms with E-state index in [0.29, 0.717) is 25.0 Å². The van der Waals surface area contributed by atoms with E-state index in [1.807, 2.05) is 55.0 Å². The lowest BCUT2D eigenvalue weighted by Crippen LogP contribution is -2.39. The van der Waals surface area contributed by atoms with Gasteiger partial charge in [0.05, 0.1) is 5.69 Å². The third kappa shape index (κ3) is 8.33. The molecule has 2 aromatic rings. The highest BCUT2D eigenvalue weighted by Crippen LogP contribution is 2.18. The van der Waals surface area contributed by atoms with Crippen molar-refractivity contribution < 1.29 is 4.79 Å². The second-order valence-electron chi connectivity index (χ2n) is 7.48. The molecule has 2 rings (SSSR count). The largest absolute Gasteiger partial charge is 0.357 e. The number of nitrogens with zero attached hydrogens (tertiary/aromatic N) is 4. The van der Waals surface area contributed by atoms with Gasteiger partial charge in [-0.1, -0.05) is 44.2 Å². The maximum Gasteiger partial charge on any atom is 0.241 e. The minimum Gasteiger partial charge on any atom is -0.357 e. The number of aromatic nitrogens is 2. The molecule has 1 heterocycles. The van der Waals surface area contributed by atoms with E-state index in [4.69, 9.17) is 0 Å². The Bertz CT molecular complexity index is 803. The minimum atomic E-state index is -0.0750. The molecule has 0 aliphatic rings. The minimum absolute atomic E-state index is 0. The van der Waals surface area contributed by atoms with Crippen LogP contribution in [-0.2, 0) is 24.8 Å². The van der Waals surface area contributed by atoms with E-state index >= 15 is 0 Å². The van der Waals surface area contributed by atoms with Gasteiger partial charge in [0.1, 0.15) is 6.54 Å². The van der Waals surface area contributed by atoms with Gasteiger partial charge in [-0.2, -0.15) is 5.10 Å². The summed E-state index contributed by atoms with van der Waals surface area (Å²) in [6.45, 7) is 8.44. The van der Waals surface area contributed by atoms with Crippen LogP contribution < -0.4 is 10.6 Å². The normalized spacial score (nSPS) is 11.2. The molecule has 2 N–H and O–H groups in total. The van der Waals surface area contributed by atoms with E-state index in [0.717, 1.165) is 18.7 Å². The third-order valence-corrected chi connectivity index (χ3v) is 4.54. The van der Waals surface area contributed by atoms with Gasteiger partial charge in [0, 0.05) is 45.5 Å².